The number of thioether (sulfide) groups is 1. The number of rotatable bonds is 6. The van der Waals surface area contributed by atoms with Gasteiger partial charge in [-0.15, -0.1) is 21.5 Å². The summed E-state index contributed by atoms with van der Waals surface area (Å²) in [5.74, 6) is 2.33. The molecular weight excluding hydrogens is 506 g/mol. The maximum absolute atomic E-state index is 12.8. The summed E-state index contributed by atoms with van der Waals surface area (Å²) in [6.45, 7) is 6.80. The Labute approximate surface area is 224 Å². The number of fused-ring (bicyclic) bond motifs is 2. The fraction of sp³-hybridized carbons (Fsp3) is 0.407. The number of hydrogen-bond acceptors (Lipinski definition) is 8. The van der Waals surface area contributed by atoms with E-state index in [1.165, 1.54) is 16.6 Å². The number of nitrogens with one attached hydrogen (secondary N) is 1. The molecule has 4 aromatic rings. The molecule has 1 N–H and O–H groups in total. The van der Waals surface area contributed by atoms with Gasteiger partial charge < -0.3 is 19.0 Å². The minimum absolute atomic E-state index is 0.151. The van der Waals surface area contributed by atoms with Gasteiger partial charge in [0.15, 0.2) is 28.1 Å². The molecule has 3 heterocycles. The molecule has 1 aromatic carbocycles. The highest BCUT2D eigenvalue weighted by Gasteiger charge is 2.32. The van der Waals surface area contributed by atoms with Crippen LogP contribution in [0.1, 0.15) is 43.2 Å². The Morgan fingerprint density at radius 1 is 1.38 bits per heavy atom. The maximum atomic E-state index is 12.8. The minimum Gasteiger partial charge on any atom is -0.493 e. The summed E-state index contributed by atoms with van der Waals surface area (Å²) in [7, 11) is 3.44. The van der Waals surface area contributed by atoms with Crippen LogP contribution < -0.4 is 10.1 Å². The number of carbonyl (C=O) groups excluding carboxylic acids is 1. The Balaban J connectivity index is 1.28. The number of amides is 1. The molecule has 10 heteroatoms. The lowest BCUT2D eigenvalue weighted by atomic mass is 9.72. The van der Waals surface area contributed by atoms with Gasteiger partial charge in [-0.3, -0.25) is 4.79 Å². The van der Waals surface area contributed by atoms with Gasteiger partial charge in [-0.05, 0) is 48.3 Å². The molecule has 37 heavy (non-hydrogen) atoms. The van der Waals surface area contributed by atoms with Crippen LogP contribution >= 0.6 is 23.1 Å². The molecule has 5 rings (SSSR count). The van der Waals surface area contributed by atoms with Gasteiger partial charge in [-0.1, -0.05) is 44.7 Å². The molecule has 0 spiro atoms. The molecule has 1 amide bonds. The average Bonchev–Trinajstić information content (AvgIpc) is 3.55. The van der Waals surface area contributed by atoms with E-state index in [1.807, 2.05) is 31.3 Å². The topological polar surface area (TPSA) is 106 Å². The second-order valence-electron chi connectivity index (χ2n) is 10.3. The SMILES string of the molecule is COc1cccc2cc(-c3nnc(SCC(=O)Nc4sc5c(c4C#N)CC[C@H](C(C)(C)C)C5)n3C)oc12. The lowest BCUT2D eigenvalue weighted by Gasteiger charge is -2.33. The number of anilines is 1. The zero-order valence-electron chi connectivity index (χ0n) is 21.5. The second-order valence-corrected chi connectivity index (χ2v) is 12.4. The summed E-state index contributed by atoms with van der Waals surface area (Å²) in [6.07, 6.45) is 2.91. The van der Waals surface area contributed by atoms with Gasteiger partial charge in [0.25, 0.3) is 0 Å². The molecular formula is C27H29N5O3S2. The first-order chi connectivity index (χ1) is 17.7. The van der Waals surface area contributed by atoms with Crippen molar-refractivity contribution in [3.05, 3.63) is 40.3 Å². The average molecular weight is 536 g/mol. The third-order valence-electron chi connectivity index (χ3n) is 6.97. The molecule has 0 fully saturated rings. The molecule has 0 bridgehead atoms. The van der Waals surface area contributed by atoms with Crippen LogP contribution in [0.15, 0.2) is 33.8 Å². The standard InChI is InChI=1S/C27H29N5O3S2/c1-27(2,3)16-9-10-17-18(13-28)25(37-21(17)12-16)29-22(33)14-36-26-31-30-24(32(26)4)20-11-15-7-6-8-19(34-5)23(15)35-20/h6-8,11,16H,9-10,12,14H2,1-5H3,(H,29,33)/t16-/m0/s1. The number of aromatic nitrogens is 3. The summed E-state index contributed by atoms with van der Waals surface area (Å²) in [6, 6.07) is 9.92. The van der Waals surface area contributed by atoms with Crippen molar-refractivity contribution in [2.24, 2.45) is 18.4 Å². The lowest BCUT2D eigenvalue weighted by molar-refractivity contribution is -0.113. The summed E-state index contributed by atoms with van der Waals surface area (Å²) in [4.78, 5) is 14.1. The highest BCUT2D eigenvalue weighted by Crippen LogP contribution is 2.44. The fourth-order valence-corrected chi connectivity index (χ4v) is 6.79. The van der Waals surface area contributed by atoms with Crippen molar-refractivity contribution in [1.29, 1.82) is 5.26 Å². The molecule has 0 aliphatic heterocycles. The summed E-state index contributed by atoms with van der Waals surface area (Å²) in [5, 5.41) is 23.5. The van der Waals surface area contributed by atoms with Crippen molar-refractivity contribution >= 4 is 45.0 Å². The predicted octanol–water partition coefficient (Wildman–Crippen LogP) is 6.05. The number of para-hydroxylation sites is 1. The third kappa shape index (κ3) is 4.86. The van der Waals surface area contributed by atoms with Crippen LogP contribution in [-0.4, -0.2) is 33.5 Å². The Kier molecular flexibility index (Phi) is 6.77. The number of methoxy groups -OCH3 is 1. The van der Waals surface area contributed by atoms with Crippen LogP contribution in [0.4, 0.5) is 5.00 Å². The number of nitrogens with zero attached hydrogens (tertiary/aromatic N) is 4. The van der Waals surface area contributed by atoms with E-state index in [0.29, 0.717) is 44.6 Å². The van der Waals surface area contributed by atoms with Crippen LogP contribution in [0.2, 0.25) is 0 Å². The maximum Gasteiger partial charge on any atom is 0.235 e. The highest BCUT2D eigenvalue weighted by atomic mass is 32.2. The molecule has 0 saturated heterocycles. The van der Waals surface area contributed by atoms with E-state index in [1.54, 1.807) is 23.0 Å². The molecule has 8 nitrogen and oxygen atoms in total. The van der Waals surface area contributed by atoms with Gasteiger partial charge in [-0.2, -0.15) is 5.26 Å². The Morgan fingerprint density at radius 3 is 2.92 bits per heavy atom. The van der Waals surface area contributed by atoms with Crippen LogP contribution in [0.5, 0.6) is 5.75 Å². The van der Waals surface area contributed by atoms with Crippen LogP contribution in [-0.2, 0) is 24.7 Å². The van der Waals surface area contributed by atoms with Gasteiger partial charge in [0.2, 0.25) is 5.91 Å². The zero-order chi connectivity index (χ0) is 26.3. The van der Waals surface area contributed by atoms with E-state index >= 15 is 0 Å². The molecule has 1 aliphatic carbocycles. The Morgan fingerprint density at radius 2 is 2.19 bits per heavy atom. The smallest absolute Gasteiger partial charge is 0.235 e. The molecule has 0 radical (unpaired) electrons. The number of thiophene rings is 1. The number of hydrogen-bond donors (Lipinski definition) is 1. The number of furan rings is 1. The van der Waals surface area contributed by atoms with Crippen molar-refractivity contribution in [2.75, 3.05) is 18.2 Å². The van der Waals surface area contributed by atoms with Gasteiger partial charge in [0.05, 0.1) is 18.4 Å². The lowest BCUT2D eigenvalue weighted by Crippen LogP contribution is -2.26. The number of carbonyl (C=O) groups is 1. The Hall–Kier alpha value is -3.29. The molecule has 1 aliphatic rings. The first-order valence-corrected chi connectivity index (χ1v) is 13.9. The third-order valence-corrected chi connectivity index (χ3v) is 9.16. The van der Waals surface area contributed by atoms with Crippen LogP contribution in [0.25, 0.3) is 22.6 Å². The number of nitriles is 1. The fourth-order valence-electron chi connectivity index (χ4n) is 4.79. The molecule has 1 atom stereocenters. The van der Waals surface area contributed by atoms with E-state index in [2.05, 4.69) is 42.4 Å². The largest absolute Gasteiger partial charge is 0.493 e. The van der Waals surface area contributed by atoms with E-state index in [9.17, 15) is 10.1 Å². The van der Waals surface area contributed by atoms with E-state index in [0.717, 1.165) is 30.2 Å². The van der Waals surface area contributed by atoms with E-state index < -0.39 is 0 Å². The zero-order valence-corrected chi connectivity index (χ0v) is 23.2. The van der Waals surface area contributed by atoms with Crippen LogP contribution in [0.3, 0.4) is 0 Å². The van der Waals surface area contributed by atoms with Crippen molar-refractivity contribution < 1.29 is 13.9 Å². The van der Waals surface area contributed by atoms with Gasteiger partial charge >= 0.3 is 0 Å². The minimum atomic E-state index is -0.175. The van der Waals surface area contributed by atoms with Gasteiger partial charge in [0.1, 0.15) is 11.1 Å². The quantitative estimate of drug-likeness (QED) is 0.300. The second kappa shape index (κ2) is 9.88. The number of ether oxygens (including phenoxy) is 1. The predicted molar refractivity (Wildman–Crippen MR) is 146 cm³/mol. The summed E-state index contributed by atoms with van der Waals surface area (Å²) in [5.41, 5.74) is 2.60. The Bertz CT molecular complexity index is 1520. The first kappa shape index (κ1) is 25.4. The van der Waals surface area contributed by atoms with Gasteiger partial charge in [0, 0.05) is 17.3 Å². The van der Waals surface area contributed by atoms with E-state index in [-0.39, 0.29) is 17.1 Å². The highest BCUT2D eigenvalue weighted by molar-refractivity contribution is 7.99. The van der Waals surface area contributed by atoms with Gasteiger partial charge in [-0.25, -0.2) is 0 Å². The monoisotopic (exact) mass is 535 g/mol. The van der Waals surface area contributed by atoms with Crippen molar-refractivity contribution in [2.45, 2.75) is 45.2 Å². The first-order valence-electron chi connectivity index (χ1n) is 12.1. The van der Waals surface area contributed by atoms with Crippen LogP contribution in [0, 0.1) is 22.7 Å². The summed E-state index contributed by atoms with van der Waals surface area (Å²) < 4.78 is 13.2. The van der Waals surface area contributed by atoms with Crippen molar-refractivity contribution in [3.63, 3.8) is 0 Å². The number of benzene rings is 1. The normalized spacial score (nSPS) is 15.4. The molecule has 192 valence electrons. The molecule has 0 unspecified atom stereocenters. The molecule has 0 saturated carbocycles. The van der Waals surface area contributed by atoms with Crippen molar-refractivity contribution in [1.82, 2.24) is 14.8 Å². The molecule has 3 aromatic heterocycles. The summed E-state index contributed by atoms with van der Waals surface area (Å²) >= 11 is 2.84. The van der Waals surface area contributed by atoms with E-state index in [4.69, 9.17) is 9.15 Å². The van der Waals surface area contributed by atoms with Crippen molar-refractivity contribution in [3.8, 4) is 23.4 Å².